The van der Waals surface area contributed by atoms with Crippen LogP contribution in [0, 0.1) is 5.92 Å². The third-order valence-electron chi connectivity index (χ3n) is 5.39. The topological polar surface area (TPSA) is 41.3 Å². The standard InChI is InChI=1S/C17H29N3O/c1-2-20-13-14(12-18-20)9-11-19-10-5-7-16(19)15-6-3-4-8-17(15)21/h12-13,15-17,21H,2-11H2,1H3/t15-,16+,17-/m0/s1. The molecule has 4 nitrogen and oxygen atoms in total. The predicted molar refractivity (Wildman–Crippen MR) is 84.2 cm³/mol. The first-order chi connectivity index (χ1) is 10.3. The first kappa shape index (κ1) is 15.0. The zero-order valence-corrected chi connectivity index (χ0v) is 13.2. The molecule has 21 heavy (non-hydrogen) atoms. The lowest BCUT2D eigenvalue weighted by Gasteiger charge is -2.37. The van der Waals surface area contributed by atoms with Crippen LogP contribution in [0.4, 0.5) is 0 Å². The molecule has 2 fully saturated rings. The van der Waals surface area contributed by atoms with Gasteiger partial charge in [-0.3, -0.25) is 9.58 Å². The fraction of sp³-hybridized carbons (Fsp3) is 0.824. The van der Waals surface area contributed by atoms with Crippen LogP contribution in [0.5, 0.6) is 0 Å². The lowest BCUT2D eigenvalue weighted by Crippen LogP contribution is -2.43. The summed E-state index contributed by atoms with van der Waals surface area (Å²) < 4.78 is 2.00. The number of aliphatic hydroxyl groups excluding tert-OH is 1. The van der Waals surface area contributed by atoms with Gasteiger partial charge in [-0.25, -0.2) is 0 Å². The number of hydrogen-bond acceptors (Lipinski definition) is 3. The third-order valence-corrected chi connectivity index (χ3v) is 5.39. The first-order valence-corrected chi connectivity index (χ1v) is 8.71. The van der Waals surface area contributed by atoms with Gasteiger partial charge in [0.05, 0.1) is 12.3 Å². The minimum Gasteiger partial charge on any atom is -0.393 e. The van der Waals surface area contributed by atoms with E-state index in [1.165, 1.54) is 44.2 Å². The zero-order chi connectivity index (χ0) is 14.7. The monoisotopic (exact) mass is 291 g/mol. The van der Waals surface area contributed by atoms with Gasteiger partial charge in [0.1, 0.15) is 0 Å². The molecule has 1 aromatic heterocycles. The van der Waals surface area contributed by atoms with Gasteiger partial charge in [-0.15, -0.1) is 0 Å². The summed E-state index contributed by atoms with van der Waals surface area (Å²) in [5.74, 6) is 0.514. The molecule has 3 rings (SSSR count). The second-order valence-corrected chi connectivity index (χ2v) is 6.72. The van der Waals surface area contributed by atoms with Gasteiger partial charge < -0.3 is 5.11 Å². The molecule has 0 radical (unpaired) electrons. The molecule has 2 aliphatic rings. The van der Waals surface area contributed by atoms with Crippen LogP contribution in [0.1, 0.15) is 51.0 Å². The molecular weight excluding hydrogens is 262 g/mol. The Hall–Kier alpha value is -0.870. The normalized spacial score (nSPS) is 30.9. The molecule has 118 valence electrons. The second kappa shape index (κ2) is 6.93. The van der Waals surface area contributed by atoms with Crippen LogP contribution >= 0.6 is 0 Å². The lowest BCUT2D eigenvalue weighted by atomic mass is 9.80. The van der Waals surface area contributed by atoms with E-state index in [2.05, 4.69) is 23.1 Å². The number of hydrogen-bond donors (Lipinski definition) is 1. The van der Waals surface area contributed by atoms with E-state index in [9.17, 15) is 5.11 Å². The summed E-state index contributed by atoms with van der Waals surface area (Å²) in [7, 11) is 0. The predicted octanol–water partition coefficient (Wildman–Crippen LogP) is 2.46. The molecule has 1 aliphatic carbocycles. The van der Waals surface area contributed by atoms with Gasteiger partial charge in [-0.2, -0.15) is 5.10 Å². The van der Waals surface area contributed by atoms with Gasteiger partial charge in [0.25, 0.3) is 0 Å². The van der Waals surface area contributed by atoms with Gasteiger partial charge in [0.15, 0.2) is 0 Å². The average Bonchev–Trinajstić information content (AvgIpc) is 3.14. The maximum absolute atomic E-state index is 10.3. The third kappa shape index (κ3) is 3.49. The quantitative estimate of drug-likeness (QED) is 0.906. The van der Waals surface area contributed by atoms with Gasteiger partial charge in [-0.1, -0.05) is 12.8 Å². The van der Waals surface area contributed by atoms with Crippen LogP contribution in [0.2, 0.25) is 0 Å². The van der Waals surface area contributed by atoms with Crippen molar-refractivity contribution in [3.63, 3.8) is 0 Å². The van der Waals surface area contributed by atoms with Crippen molar-refractivity contribution in [3.8, 4) is 0 Å². The Bertz CT molecular complexity index is 445. The summed E-state index contributed by atoms with van der Waals surface area (Å²) in [6.07, 6.45) is 12.5. The molecule has 1 aromatic rings. The number of aromatic nitrogens is 2. The van der Waals surface area contributed by atoms with E-state index in [0.29, 0.717) is 12.0 Å². The highest BCUT2D eigenvalue weighted by Gasteiger charge is 2.36. The number of nitrogens with zero attached hydrogens (tertiary/aromatic N) is 3. The van der Waals surface area contributed by atoms with Crippen LogP contribution in [0.15, 0.2) is 12.4 Å². The molecule has 4 heteroatoms. The highest BCUT2D eigenvalue weighted by molar-refractivity contribution is 5.05. The van der Waals surface area contributed by atoms with E-state index < -0.39 is 0 Å². The molecule has 2 heterocycles. The Labute approximate surface area is 128 Å². The van der Waals surface area contributed by atoms with Gasteiger partial charge in [-0.05, 0) is 51.1 Å². The van der Waals surface area contributed by atoms with Crippen molar-refractivity contribution in [1.29, 1.82) is 0 Å². The molecule has 1 N–H and O–H groups in total. The molecule has 1 aliphatic heterocycles. The molecule has 0 amide bonds. The van der Waals surface area contributed by atoms with Crippen LogP contribution in [0.25, 0.3) is 0 Å². The van der Waals surface area contributed by atoms with Crippen molar-refractivity contribution in [1.82, 2.24) is 14.7 Å². The fourth-order valence-electron chi connectivity index (χ4n) is 4.18. The van der Waals surface area contributed by atoms with E-state index >= 15 is 0 Å². The molecular formula is C17H29N3O. The van der Waals surface area contributed by atoms with Crippen molar-refractivity contribution < 1.29 is 5.11 Å². The summed E-state index contributed by atoms with van der Waals surface area (Å²) in [6.45, 7) is 5.39. The van der Waals surface area contributed by atoms with E-state index in [-0.39, 0.29) is 6.10 Å². The number of likely N-dealkylation sites (tertiary alicyclic amines) is 1. The average molecular weight is 291 g/mol. The maximum atomic E-state index is 10.3. The van der Waals surface area contributed by atoms with E-state index in [1.807, 2.05) is 10.9 Å². The first-order valence-electron chi connectivity index (χ1n) is 8.71. The van der Waals surface area contributed by atoms with Crippen molar-refractivity contribution in [2.75, 3.05) is 13.1 Å². The summed E-state index contributed by atoms with van der Waals surface area (Å²) in [6, 6.07) is 0.613. The minimum absolute atomic E-state index is 0.0628. The maximum Gasteiger partial charge on any atom is 0.0583 e. The van der Waals surface area contributed by atoms with E-state index in [0.717, 1.165) is 25.9 Å². The van der Waals surface area contributed by atoms with Crippen molar-refractivity contribution in [2.24, 2.45) is 5.92 Å². The highest BCUT2D eigenvalue weighted by Crippen LogP contribution is 2.34. The van der Waals surface area contributed by atoms with Gasteiger partial charge in [0, 0.05) is 31.2 Å². The second-order valence-electron chi connectivity index (χ2n) is 6.72. The fourth-order valence-corrected chi connectivity index (χ4v) is 4.18. The van der Waals surface area contributed by atoms with Crippen molar-refractivity contribution >= 4 is 0 Å². The van der Waals surface area contributed by atoms with Crippen LogP contribution in [-0.2, 0) is 13.0 Å². The van der Waals surface area contributed by atoms with Crippen LogP contribution in [0.3, 0.4) is 0 Å². The summed E-state index contributed by atoms with van der Waals surface area (Å²) in [5, 5.41) is 14.7. The largest absolute Gasteiger partial charge is 0.393 e. The van der Waals surface area contributed by atoms with Gasteiger partial charge >= 0.3 is 0 Å². The summed E-state index contributed by atoms with van der Waals surface area (Å²) >= 11 is 0. The molecule has 0 aromatic carbocycles. The molecule has 1 saturated carbocycles. The van der Waals surface area contributed by atoms with Crippen LogP contribution in [-0.4, -0.2) is 45.0 Å². The van der Waals surface area contributed by atoms with E-state index in [4.69, 9.17) is 0 Å². The number of aryl methyl sites for hydroxylation is 1. The van der Waals surface area contributed by atoms with Crippen LogP contribution < -0.4 is 0 Å². The zero-order valence-electron chi connectivity index (χ0n) is 13.2. The Morgan fingerprint density at radius 2 is 2.10 bits per heavy atom. The highest BCUT2D eigenvalue weighted by atomic mass is 16.3. The lowest BCUT2D eigenvalue weighted by molar-refractivity contribution is 0.0225. The minimum atomic E-state index is -0.0628. The Balaban J connectivity index is 1.56. The van der Waals surface area contributed by atoms with E-state index in [1.54, 1.807) is 0 Å². The Kier molecular flexibility index (Phi) is 4.96. The number of aliphatic hydroxyl groups is 1. The van der Waals surface area contributed by atoms with Crippen molar-refractivity contribution in [3.05, 3.63) is 18.0 Å². The Morgan fingerprint density at radius 1 is 1.24 bits per heavy atom. The SMILES string of the molecule is CCn1cc(CCN2CCC[C@@H]2[C@@H]2CCCC[C@@H]2O)cn1. The summed E-state index contributed by atoms with van der Waals surface area (Å²) in [5.41, 5.74) is 1.34. The van der Waals surface area contributed by atoms with Gasteiger partial charge in [0.2, 0.25) is 0 Å². The molecule has 1 saturated heterocycles. The molecule has 3 atom stereocenters. The number of rotatable bonds is 5. The smallest absolute Gasteiger partial charge is 0.0583 e. The summed E-state index contributed by atoms with van der Waals surface area (Å²) in [4.78, 5) is 2.63. The van der Waals surface area contributed by atoms with Crippen molar-refractivity contribution in [2.45, 2.75) is 70.6 Å². The molecule has 0 unspecified atom stereocenters. The molecule has 0 spiro atoms. The Morgan fingerprint density at radius 3 is 2.86 bits per heavy atom. The molecule has 0 bridgehead atoms.